The molecule has 0 unspecified atom stereocenters. The number of nitrogens with one attached hydrogen (secondary N) is 1. The van der Waals surface area contributed by atoms with Gasteiger partial charge in [0.2, 0.25) is 5.95 Å². The van der Waals surface area contributed by atoms with Gasteiger partial charge in [0.25, 0.3) is 6.02 Å². The molecule has 0 saturated heterocycles. The Morgan fingerprint density at radius 2 is 1.92 bits per heavy atom. The van der Waals surface area contributed by atoms with Crippen LogP contribution in [0.25, 0.3) is 0 Å². The van der Waals surface area contributed by atoms with Gasteiger partial charge in [-0.25, -0.2) is 23.4 Å². The second-order valence-electron chi connectivity index (χ2n) is 5.81. The van der Waals surface area contributed by atoms with Crippen LogP contribution in [0.15, 0.2) is 46.5 Å². The highest BCUT2D eigenvalue weighted by Crippen LogP contribution is 2.17. The highest BCUT2D eigenvalue weighted by molar-refractivity contribution is 7.90. The number of nitrogens with zero attached hydrogens (tertiary/aromatic N) is 3. The summed E-state index contributed by atoms with van der Waals surface area (Å²) >= 11 is 0. The van der Waals surface area contributed by atoms with Gasteiger partial charge in [-0.15, -0.1) is 0 Å². The summed E-state index contributed by atoms with van der Waals surface area (Å²) in [5.74, 6) is 0.341. The van der Waals surface area contributed by atoms with E-state index >= 15 is 0 Å². The van der Waals surface area contributed by atoms with Crippen molar-refractivity contribution in [1.29, 1.82) is 0 Å². The smallest absolute Gasteiger partial charge is 0.282 e. The number of hydrogen-bond acceptors (Lipinski definition) is 8. The maximum atomic E-state index is 11.4. The van der Waals surface area contributed by atoms with E-state index in [0.717, 1.165) is 24.8 Å². The lowest BCUT2D eigenvalue weighted by molar-refractivity contribution is 0.308. The van der Waals surface area contributed by atoms with E-state index in [2.05, 4.69) is 20.3 Å². The number of anilines is 2. The van der Waals surface area contributed by atoms with Crippen LogP contribution in [0.1, 0.15) is 12.0 Å². The van der Waals surface area contributed by atoms with E-state index in [0.29, 0.717) is 12.6 Å². The molecule has 0 amide bonds. The summed E-state index contributed by atoms with van der Waals surface area (Å²) in [5, 5.41) is 3.04. The molecule has 132 valence electrons. The number of nitrogens with two attached hydrogens (primary N) is 1. The third-order valence-corrected chi connectivity index (χ3v) is 4.83. The van der Waals surface area contributed by atoms with Gasteiger partial charge in [0, 0.05) is 11.9 Å². The van der Waals surface area contributed by atoms with Crippen LogP contribution in [0.2, 0.25) is 0 Å². The summed E-state index contributed by atoms with van der Waals surface area (Å²) in [7, 11) is -3.29. The number of aromatic nitrogens is 2. The van der Waals surface area contributed by atoms with Crippen molar-refractivity contribution in [3.05, 3.63) is 42.2 Å². The van der Waals surface area contributed by atoms with Crippen LogP contribution in [0.3, 0.4) is 0 Å². The van der Waals surface area contributed by atoms with Crippen molar-refractivity contribution in [3.63, 3.8) is 0 Å². The van der Waals surface area contributed by atoms with Crippen molar-refractivity contribution in [2.75, 3.05) is 18.2 Å². The Balaban J connectivity index is 1.57. The summed E-state index contributed by atoms with van der Waals surface area (Å²) in [4.78, 5) is 12.3. The largest absolute Gasteiger partial charge is 0.463 e. The number of benzene rings is 1. The van der Waals surface area contributed by atoms with Crippen molar-refractivity contribution in [3.8, 4) is 0 Å². The predicted octanol–water partition coefficient (Wildman–Crippen LogP) is 1.27. The Morgan fingerprint density at radius 1 is 1.24 bits per heavy atom. The van der Waals surface area contributed by atoms with Gasteiger partial charge in [-0.05, 0) is 30.5 Å². The van der Waals surface area contributed by atoms with Gasteiger partial charge in [-0.2, -0.15) is 0 Å². The highest BCUT2D eigenvalue weighted by Gasteiger charge is 2.16. The molecule has 0 saturated carbocycles. The molecule has 2 aromatic rings. The highest BCUT2D eigenvalue weighted by atomic mass is 32.2. The summed E-state index contributed by atoms with van der Waals surface area (Å²) in [6.07, 6.45) is 5.45. The minimum Gasteiger partial charge on any atom is -0.463 e. The molecule has 0 bridgehead atoms. The summed E-state index contributed by atoms with van der Waals surface area (Å²) < 4.78 is 27.9. The van der Waals surface area contributed by atoms with Crippen LogP contribution in [0, 0.1) is 0 Å². The average molecular weight is 361 g/mol. The molecule has 1 atom stereocenters. The molecular formula is C16H19N5O3S. The first kappa shape index (κ1) is 17.2. The molecule has 3 N–H and O–H groups in total. The molecule has 9 heteroatoms. The van der Waals surface area contributed by atoms with E-state index in [4.69, 9.17) is 10.5 Å². The first-order chi connectivity index (χ1) is 11.9. The standard InChI is InChI=1S/C16H19N5O3S/c1-25(22,23)14-8-18-16(19-9-14)21-12-5-2-11(3-6-12)4-7-13-10-24-15(17)20-13/h2-3,5-6,8-9,13H,4,7,10H2,1H3,(H2,17,20)(H,18,19,21)/t13-/m0/s1. The normalized spacial score (nSPS) is 17.0. The van der Waals surface area contributed by atoms with E-state index in [1.807, 2.05) is 24.3 Å². The van der Waals surface area contributed by atoms with Crippen molar-refractivity contribution < 1.29 is 13.2 Å². The van der Waals surface area contributed by atoms with E-state index in [9.17, 15) is 8.42 Å². The molecule has 8 nitrogen and oxygen atoms in total. The number of hydrogen-bond donors (Lipinski definition) is 2. The van der Waals surface area contributed by atoms with Gasteiger partial charge >= 0.3 is 0 Å². The SMILES string of the molecule is CS(=O)(=O)c1cnc(Nc2ccc(CC[C@H]3COC(N)=N3)cc2)nc1. The quantitative estimate of drug-likeness (QED) is 0.795. The van der Waals surface area contributed by atoms with Gasteiger partial charge < -0.3 is 15.8 Å². The zero-order chi connectivity index (χ0) is 17.9. The van der Waals surface area contributed by atoms with Gasteiger partial charge in [-0.1, -0.05) is 12.1 Å². The van der Waals surface area contributed by atoms with Crippen LogP contribution >= 0.6 is 0 Å². The molecule has 25 heavy (non-hydrogen) atoms. The first-order valence-electron chi connectivity index (χ1n) is 7.74. The Hall–Kier alpha value is -2.68. The molecule has 2 heterocycles. The average Bonchev–Trinajstić information content (AvgIpc) is 2.99. The Bertz CT molecular complexity index is 864. The molecule has 0 aliphatic carbocycles. The monoisotopic (exact) mass is 361 g/mol. The van der Waals surface area contributed by atoms with Gasteiger partial charge in [-0.3, -0.25) is 0 Å². The van der Waals surface area contributed by atoms with E-state index in [-0.39, 0.29) is 17.0 Å². The number of ether oxygens (including phenoxy) is 1. The van der Waals surface area contributed by atoms with Crippen molar-refractivity contribution in [2.45, 2.75) is 23.8 Å². The number of sulfone groups is 1. The Kier molecular flexibility index (Phi) is 4.84. The third-order valence-electron chi connectivity index (χ3n) is 3.77. The minimum absolute atomic E-state index is 0.0904. The van der Waals surface area contributed by atoms with E-state index < -0.39 is 9.84 Å². The topological polar surface area (TPSA) is 120 Å². The first-order valence-corrected chi connectivity index (χ1v) is 9.63. The second kappa shape index (κ2) is 7.06. The fourth-order valence-electron chi connectivity index (χ4n) is 2.37. The third kappa shape index (κ3) is 4.66. The Labute approximate surface area is 146 Å². The van der Waals surface area contributed by atoms with Crippen LogP contribution in [0.4, 0.5) is 11.6 Å². The molecule has 1 aromatic heterocycles. The molecule has 0 spiro atoms. The molecular weight excluding hydrogens is 342 g/mol. The molecule has 1 aliphatic heterocycles. The predicted molar refractivity (Wildman–Crippen MR) is 94.5 cm³/mol. The molecule has 0 radical (unpaired) electrons. The number of aryl methyl sites for hydroxylation is 1. The van der Waals surface area contributed by atoms with Crippen molar-refractivity contribution in [1.82, 2.24) is 9.97 Å². The van der Waals surface area contributed by atoms with E-state index in [1.165, 1.54) is 18.0 Å². The zero-order valence-corrected chi connectivity index (χ0v) is 14.5. The van der Waals surface area contributed by atoms with Crippen LogP contribution in [-0.4, -0.2) is 43.3 Å². The molecule has 0 fully saturated rings. The maximum Gasteiger partial charge on any atom is 0.282 e. The lowest BCUT2D eigenvalue weighted by Crippen LogP contribution is -2.10. The van der Waals surface area contributed by atoms with E-state index in [1.54, 1.807) is 0 Å². The number of aliphatic imine (C=N–C) groups is 1. The van der Waals surface area contributed by atoms with Crippen LogP contribution in [-0.2, 0) is 21.0 Å². The fourth-order valence-corrected chi connectivity index (χ4v) is 2.86. The van der Waals surface area contributed by atoms with Crippen LogP contribution < -0.4 is 11.1 Å². The summed E-state index contributed by atoms with van der Waals surface area (Å²) in [5.41, 5.74) is 7.50. The molecule has 1 aromatic carbocycles. The van der Waals surface area contributed by atoms with Crippen molar-refractivity contribution >= 4 is 27.5 Å². The van der Waals surface area contributed by atoms with Crippen LogP contribution in [0.5, 0.6) is 0 Å². The molecule has 3 rings (SSSR count). The minimum atomic E-state index is -3.29. The summed E-state index contributed by atoms with van der Waals surface area (Å²) in [6.45, 7) is 0.548. The maximum absolute atomic E-state index is 11.4. The summed E-state index contributed by atoms with van der Waals surface area (Å²) in [6, 6.07) is 8.26. The molecule has 1 aliphatic rings. The van der Waals surface area contributed by atoms with Crippen molar-refractivity contribution in [2.24, 2.45) is 10.7 Å². The van der Waals surface area contributed by atoms with Gasteiger partial charge in [0.1, 0.15) is 11.5 Å². The number of rotatable bonds is 6. The van der Waals surface area contributed by atoms with Gasteiger partial charge in [0.15, 0.2) is 9.84 Å². The second-order valence-corrected chi connectivity index (χ2v) is 7.82. The lowest BCUT2D eigenvalue weighted by Gasteiger charge is -2.08. The van der Waals surface area contributed by atoms with Gasteiger partial charge in [0.05, 0.1) is 18.4 Å². The lowest BCUT2D eigenvalue weighted by atomic mass is 10.1. The Morgan fingerprint density at radius 3 is 2.48 bits per heavy atom. The zero-order valence-electron chi connectivity index (χ0n) is 13.7. The fraction of sp³-hybridized carbons (Fsp3) is 0.312. The number of amidine groups is 1.